The first-order chi connectivity index (χ1) is 14.0. The third-order valence-electron chi connectivity index (χ3n) is 5.56. The zero-order valence-electron chi connectivity index (χ0n) is 17.4. The van der Waals surface area contributed by atoms with Crippen molar-refractivity contribution in [3.05, 3.63) is 23.8 Å². The molecule has 1 saturated heterocycles. The van der Waals surface area contributed by atoms with E-state index in [0.29, 0.717) is 13.1 Å². The van der Waals surface area contributed by atoms with Crippen LogP contribution in [0.15, 0.2) is 18.2 Å². The minimum absolute atomic E-state index is 0.0372. The van der Waals surface area contributed by atoms with Gasteiger partial charge >= 0.3 is 6.18 Å². The van der Waals surface area contributed by atoms with Crippen LogP contribution < -0.4 is 15.5 Å². The number of carbonyl (C=O) groups excluding carboxylic acids is 2. The fraction of sp³-hybridized carbons (Fsp3) is 0.619. The Hall–Kier alpha value is -2.29. The highest BCUT2D eigenvalue weighted by molar-refractivity contribution is 5.97. The topological polar surface area (TPSA) is 70.7 Å². The smallest absolute Gasteiger partial charge is 0.372 e. The van der Waals surface area contributed by atoms with Gasteiger partial charge in [0.05, 0.1) is 17.8 Å². The second kappa shape index (κ2) is 8.83. The summed E-state index contributed by atoms with van der Waals surface area (Å²) in [5.74, 6) is -0.822. The number of carbonyl (C=O) groups is 2. The molecular weight excluding hydrogens is 399 g/mol. The molecule has 1 heterocycles. The van der Waals surface area contributed by atoms with Gasteiger partial charge in [-0.2, -0.15) is 13.2 Å². The molecule has 1 aliphatic carbocycles. The van der Waals surface area contributed by atoms with E-state index in [1.807, 2.05) is 13.8 Å². The van der Waals surface area contributed by atoms with Crippen molar-refractivity contribution < 1.29 is 27.5 Å². The summed E-state index contributed by atoms with van der Waals surface area (Å²) in [6.45, 7) is 5.86. The maximum absolute atomic E-state index is 13.8. The van der Waals surface area contributed by atoms with Crippen molar-refractivity contribution in [3.63, 3.8) is 0 Å². The first-order valence-corrected chi connectivity index (χ1v) is 10.3. The van der Waals surface area contributed by atoms with E-state index < -0.39 is 23.7 Å². The standard InChI is InChI=1S/C21H28F3N3O3/c1-12-10-27(11-13(2)30-12)18-8-7-16(9-17(18)21(22,23)24)26-19(28)14(3)25-20(29)15-5-4-6-15/h7-9,12-15H,4-6,10-11H2,1-3H3,(H,25,29)(H,26,28). The van der Waals surface area contributed by atoms with Crippen molar-refractivity contribution in [2.24, 2.45) is 5.92 Å². The Bertz CT molecular complexity index is 785. The van der Waals surface area contributed by atoms with Crippen LogP contribution in [0.5, 0.6) is 0 Å². The highest BCUT2D eigenvalue weighted by atomic mass is 19.4. The van der Waals surface area contributed by atoms with E-state index in [0.717, 1.165) is 25.3 Å². The third-order valence-corrected chi connectivity index (χ3v) is 5.56. The second-order valence-corrected chi connectivity index (χ2v) is 8.24. The molecule has 6 nitrogen and oxygen atoms in total. The third kappa shape index (κ3) is 5.24. The van der Waals surface area contributed by atoms with Crippen LogP contribution in [0.4, 0.5) is 24.5 Å². The highest BCUT2D eigenvalue weighted by Gasteiger charge is 2.37. The molecular formula is C21H28F3N3O3. The zero-order chi connectivity index (χ0) is 22.1. The Labute approximate surface area is 174 Å². The number of amides is 2. The number of alkyl halides is 3. The predicted octanol–water partition coefficient (Wildman–Crippen LogP) is 3.56. The van der Waals surface area contributed by atoms with Crippen LogP contribution in [0.1, 0.15) is 45.6 Å². The fourth-order valence-electron chi connectivity index (χ4n) is 3.81. The van der Waals surface area contributed by atoms with E-state index in [9.17, 15) is 22.8 Å². The summed E-state index contributed by atoms with van der Waals surface area (Å²) in [5.41, 5.74) is -0.711. The normalized spacial score (nSPS) is 23.5. The molecule has 2 aliphatic rings. The lowest BCUT2D eigenvalue weighted by molar-refractivity contribution is -0.137. The molecule has 0 spiro atoms. The van der Waals surface area contributed by atoms with Crippen molar-refractivity contribution in [1.29, 1.82) is 0 Å². The monoisotopic (exact) mass is 427 g/mol. The van der Waals surface area contributed by atoms with E-state index in [1.165, 1.54) is 19.1 Å². The molecule has 0 radical (unpaired) electrons. The lowest BCUT2D eigenvalue weighted by Gasteiger charge is -2.38. The minimum Gasteiger partial charge on any atom is -0.372 e. The van der Waals surface area contributed by atoms with Crippen LogP contribution in [0.25, 0.3) is 0 Å². The van der Waals surface area contributed by atoms with Gasteiger partial charge in [0, 0.05) is 30.4 Å². The molecule has 2 fully saturated rings. The predicted molar refractivity (Wildman–Crippen MR) is 107 cm³/mol. The molecule has 1 aliphatic heterocycles. The van der Waals surface area contributed by atoms with Crippen LogP contribution in [0.2, 0.25) is 0 Å². The Balaban J connectivity index is 1.74. The van der Waals surface area contributed by atoms with Gasteiger partial charge in [-0.05, 0) is 51.8 Å². The molecule has 2 N–H and O–H groups in total. The number of morpholine rings is 1. The Morgan fingerprint density at radius 1 is 1.17 bits per heavy atom. The maximum Gasteiger partial charge on any atom is 0.418 e. The molecule has 2 amide bonds. The number of halogens is 3. The number of hydrogen-bond donors (Lipinski definition) is 2. The summed E-state index contributed by atoms with van der Waals surface area (Å²) in [6.07, 6.45) is -2.36. The summed E-state index contributed by atoms with van der Waals surface area (Å²) in [5, 5.41) is 5.11. The van der Waals surface area contributed by atoms with Gasteiger partial charge in [-0.25, -0.2) is 0 Å². The van der Waals surface area contributed by atoms with E-state index >= 15 is 0 Å². The molecule has 3 rings (SSSR count). The zero-order valence-corrected chi connectivity index (χ0v) is 17.4. The average Bonchev–Trinajstić information content (AvgIpc) is 2.58. The second-order valence-electron chi connectivity index (χ2n) is 8.24. The molecule has 3 atom stereocenters. The number of ether oxygens (including phenoxy) is 1. The van der Waals surface area contributed by atoms with Crippen molar-refractivity contribution in [2.75, 3.05) is 23.3 Å². The Morgan fingerprint density at radius 2 is 1.80 bits per heavy atom. The van der Waals surface area contributed by atoms with Gasteiger partial charge in [0.15, 0.2) is 0 Å². The van der Waals surface area contributed by atoms with Gasteiger partial charge in [0.25, 0.3) is 0 Å². The number of anilines is 2. The molecule has 3 unspecified atom stereocenters. The van der Waals surface area contributed by atoms with Crippen molar-refractivity contribution >= 4 is 23.2 Å². The van der Waals surface area contributed by atoms with Gasteiger partial charge in [-0.1, -0.05) is 6.42 Å². The maximum atomic E-state index is 13.8. The van der Waals surface area contributed by atoms with E-state index in [1.54, 1.807) is 4.90 Å². The highest BCUT2D eigenvalue weighted by Crippen LogP contribution is 2.39. The molecule has 0 bridgehead atoms. The van der Waals surface area contributed by atoms with Crippen molar-refractivity contribution in [1.82, 2.24) is 5.32 Å². The lowest BCUT2D eigenvalue weighted by atomic mass is 9.84. The number of benzene rings is 1. The number of nitrogens with zero attached hydrogens (tertiary/aromatic N) is 1. The first-order valence-electron chi connectivity index (χ1n) is 10.3. The van der Waals surface area contributed by atoms with Crippen LogP contribution in [0, 0.1) is 5.92 Å². The van der Waals surface area contributed by atoms with Crippen LogP contribution in [-0.4, -0.2) is 43.2 Å². The average molecular weight is 427 g/mol. The SMILES string of the molecule is CC1CN(c2ccc(NC(=O)C(C)NC(=O)C3CCC3)cc2C(F)(F)F)CC(C)O1. The van der Waals surface area contributed by atoms with E-state index in [-0.39, 0.29) is 35.4 Å². The summed E-state index contributed by atoms with van der Waals surface area (Å²) in [6, 6.07) is 2.93. The van der Waals surface area contributed by atoms with E-state index in [4.69, 9.17) is 4.74 Å². The molecule has 30 heavy (non-hydrogen) atoms. The number of rotatable bonds is 5. The molecule has 0 aromatic heterocycles. The summed E-state index contributed by atoms with van der Waals surface area (Å²) >= 11 is 0. The lowest BCUT2D eigenvalue weighted by Crippen LogP contribution is -2.46. The van der Waals surface area contributed by atoms with Crippen molar-refractivity contribution in [3.8, 4) is 0 Å². The van der Waals surface area contributed by atoms with Gasteiger partial charge in [0.1, 0.15) is 6.04 Å². The number of hydrogen-bond acceptors (Lipinski definition) is 4. The Kier molecular flexibility index (Phi) is 6.59. The quantitative estimate of drug-likeness (QED) is 0.754. The molecule has 9 heteroatoms. The van der Waals surface area contributed by atoms with Crippen LogP contribution in [0.3, 0.4) is 0 Å². The van der Waals surface area contributed by atoms with Crippen LogP contribution in [-0.2, 0) is 20.5 Å². The largest absolute Gasteiger partial charge is 0.418 e. The summed E-state index contributed by atoms with van der Waals surface area (Å²) in [7, 11) is 0. The van der Waals surface area contributed by atoms with Gasteiger partial charge in [-0.3, -0.25) is 9.59 Å². The van der Waals surface area contributed by atoms with Crippen molar-refractivity contribution in [2.45, 2.75) is 64.5 Å². The summed E-state index contributed by atoms with van der Waals surface area (Å²) in [4.78, 5) is 26.0. The fourth-order valence-corrected chi connectivity index (χ4v) is 3.81. The van der Waals surface area contributed by atoms with Gasteiger partial charge < -0.3 is 20.3 Å². The van der Waals surface area contributed by atoms with Gasteiger partial charge in [-0.15, -0.1) is 0 Å². The number of nitrogens with one attached hydrogen (secondary N) is 2. The molecule has 166 valence electrons. The molecule has 1 aromatic rings. The minimum atomic E-state index is -4.58. The van der Waals surface area contributed by atoms with E-state index in [2.05, 4.69) is 10.6 Å². The molecule has 1 aromatic carbocycles. The first kappa shape index (κ1) is 22.4. The molecule has 1 saturated carbocycles. The van der Waals surface area contributed by atoms with Gasteiger partial charge in [0.2, 0.25) is 11.8 Å². The summed E-state index contributed by atoms with van der Waals surface area (Å²) < 4.78 is 46.9. The van der Waals surface area contributed by atoms with Crippen LogP contribution >= 0.6 is 0 Å². The Morgan fingerprint density at radius 3 is 2.33 bits per heavy atom.